The van der Waals surface area contributed by atoms with Crippen molar-refractivity contribution in [3.63, 3.8) is 0 Å². The van der Waals surface area contributed by atoms with Crippen molar-refractivity contribution in [2.45, 2.75) is 31.1 Å². The molecular formula is C14H19N3O3S. The average molecular weight is 309 g/mol. The lowest BCUT2D eigenvalue weighted by molar-refractivity contribution is -0.384. The Labute approximate surface area is 127 Å². The van der Waals surface area contributed by atoms with Crippen LogP contribution in [-0.4, -0.2) is 28.0 Å². The normalized spacial score (nSPS) is 21.0. The standard InChI is InChI=1S/C14H19N3O3S/c1-14(7-2-8-21-14)10-16-13(18)15-9-11-3-5-12(6-4-11)17(19)20/h3-6H,2,7-10H2,1H3,(H2,15,16,18). The van der Waals surface area contributed by atoms with Crippen molar-refractivity contribution in [3.05, 3.63) is 39.9 Å². The van der Waals surface area contributed by atoms with Crippen LogP contribution in [0, 0.1) is 10.1 Å². The van der Waals surface area contributed by atoms with Gasteiger partial charge in [-0.15, -0.1) is 0 Å². The molecule has 1 aliphatic rings. The third kappa shape index (κ3) is 4.63. The van der Waals surface area contributed by atoms with Crippen LogP contribution in [0.25, 0.3) is 0 Å². The Morgan fingerprint density at radius 2 is 2.10 bits per heavy atom. The third-order valence-corrected chi connectivity index (χ3v) is 5.06. The van der Waals surface area contributed by atoms with Crippen LogP contribution < -0.4 is 10.6 Å². The highest BCUT2D eigenvalue weighted by molar-refractivity contribution is 8.00. The first kappa shape index (κ1) is 15.6. The summed E-state index contributed by atoms with van der Waals surface area (Å²) in [7, 11) is 0. The summed E-state index contributed by atoms with van der Waals surface area (Å²) in [5.74, 6) is 1.16. The fourth-order valence-corrected chi connectivity index (χ4v) is 3.47. The number of rotatable bonds is 5. The highest BCUT2D eigenvalue weighted by Crippen LogP contribution is 2.36. The van der Waals surface area contributed by atoms with E-state index in [0.717, 1.165) is 17.7 Å². The number of benzene rings is 1. The van der Waals surface area contributed by atoms with Crippen LogP contribution in [-0.2, 0) is 6.54 Å². The third-order valence-electron chi connectivity index (χ3n) is 3.52. The highest BCUT2D eigenvalue weighted by Gasteiger charge is 2.29. The van der Waals surface area contributed by atoms with Gasteiger partial charge in [0, 0.05) is 30.0 Å². The van der Waals surface area contributed by atoms with Gasteiger partial charge >= 0.3 is 6.03 Å². The molecule has 1 atom stereocenters. The molecule has 2 N–H and O–H groups in total. The summed E-state index contributed by atoms with van der Waals surface area (Å²) in [6.07, 6.45) is 2.33. The Hall–Kier alpha value is -1.76. The first-order valence-electron chi connectivity index (χ1n) is 6.87. The van der Waals surface area contributed by atoms with Crippen LogP contribution in [0.4, 0.5) is 10.5 Å². The largest absolute Gasteiger partial charge is 0.337 e. The summed E-state index contributed by atoms with van der Waals surface area (Å²) in [6.45, 7) is 3.18. The number of urea groups is 1. The molecule has 7 heteroatoms. The maximum Gasteiger partial charge on any atom is 0.315 e. The van der Waals surface area contributed by atoms with Crippen molar-refractivity contribution in [1.82, 2.24) is 10.6 Å². The van der Waals surface area contributed by atoms with E-state index in [1.54, 1.807) is 12.1 Å². The topological polar surface area (TPSA) is 84.3 Å². The molecule has 0 aromatic heterocycles. The van der Waals surface area contributed by atoms with Gasteiger partial charge < -0.3 is 10.6 Å². The van der Waals surface area contributed by atoms with Gasteiger partial charge in [0.2, 0.25) is 0 Å². The molecule has 0 aliphatic carbocycles. The van der Waals surface area contributed by atoms with Crippen LogP contribution in [0.2, 0.25) is 0 Å². The second kappa shape index (κ2) is 6.80. The average Bonchev–Trinajstić information content (AvgIpc) is 2.91. The summed E-state index contributed by atoms with van der Waals surface area (Å²) >= 11 is 1.90. The Balaban J connectivity index is 1.74. The Morgan fingerprint density at radius 1 is 1.38 bits per heavy atom. The molecule has 2 rings (SSSR count). The fourth-order valence-electron chi connectivity index (χ4n) is 2.22. The Morgan fingerprint density at radius 3 is 2.67 bits per heavy atom. The second-order valence-electron chi connectivity index (χ2n) is 5.36. The van der Waals surface area contributed by atoms with Crippen LogP contribution in [0.1, 0.15) is 25.3 Å². The Kier molecular flexibility index (Phi) is 5.06. The van der Waals surface area contributed by atoms with E-state index in [4.69, 9.17) is 0 Å². The number of nitro benzene ring substituents is 1. The van der Waals surface area contributed by atoms with Crippen molar-refractivity contribution < 1.29 is 9.72 Å². The number of thioether (sulfide) groups is 1. The van der Waals surface area contributed by atoms with Crippen molar-refractivity contribution in [2.24, 2.45) is 0 Å². The minimum Gasteiger partial charge on any atom is -0.337 e. The number of non-ortho nitro benzene ring substituents is 1. The van der Waals surface area contributed by atoms with Gasteiger partial charge in [-0.2, -0.15) is 11.8 Å². The monoisotopic (exact) mass is 309 g/mol. The molecule has 0 saturated carbocycles. The first-order chi connectivity index (χ1) is 9.98. The van der Waals surface area contributed by atoms with Gasteiger partial charge in [-0.25, -0.2) is 4.79 Å². The summed E-state index contributed by atoms with van der Waals surface area (Å²) in [4.78, 5) is 21.9. The number of carbonyl (C=O) groups excluding carboxylic acids is 1. The van der Waals surface area contributed by atoms with E-state index < -0.39 is 4.92 Å². The number of hydrogen-bond acceptors (Lipinski definition) is 4. The van der Waals surface area contributed by atoms with E-state index >= 15 is 0 Å². The lowest BCUT2D eigenvalue weighted by atomic mass is 10.1. The molecule has 1 aromatic rings. The van der Waals surface area contributed by atoms with E-state index in [0.29, 0.717) is 13.1 Å². The number of nitrogens with one attached hydrogen (secondary N) is 2. The minimum absolute atomic E-state index is 0.0504. The van der Waals surface area contributed by atoms with Crippen molar-refractivity contribution >= 4 is 23.5 Å². The van der Waals surface area contributed by atoms with E-state index in [9.17, 15) is 14.9 Å². The zero-order valence-electron chi connectivity index (χ0n) is 11.9. The number of nitrogens with zero attached hydrogens (tertiary/aromatic N) is 1. The van der Waals surface area contributed by atoms with Crippen molar-refractivity contribution in [2.75, 3.05) is 12.3 Å². The van der Waals surface area contributed by atoms with E-state index in [1.165, 1.54) is 18.6 Å². The van der Waals surface area contributed by atoms with Gasteiger partial charge in [0.05, 0.1) is 4.92 Å². The van der Waals surface area contributed by atoms with Gasteiger partial charge in [-0.3, -0.25) is 10.1 Å². The molecule has 1 aliphatic heterocycles. The predicted octanol–water partition coefficient (Wildman–Crippen LogP) is 2.68. The molecule has 6 nitrogen and oxygen atoms in total. The van der Waals surface area contributed by atoms with Crippen LogP contribution in [0.15, 0.2) is 24.3 Å². The quantitative estimate of drug-likeness (QED) is 0.647. The maximum atomic E-state index is 11.8. The van der Waals surface area contributed by atoms with E-state index in [1.807, 2.05) is 11.8 Å². The number of amides is 2. The minimum atomic E-state index is -0.441. The van der Waals surface area contributed by atoms with Crippen LogP contribution in [0.5, 0.6) is 0 Å². The molecule has 0 radical (unpaired) electrons. The van der Waals surface area contributed by atoms with Gasteiger partial charge in [-0.1, -0.05) is 12.1 Å². The van der Waals surface area contributed by atoms with E-state index in [2.05, 4.69) is 17.6 Å². The fraction of sp³-hybridized carbons (Fsp3) is 0.500. The summed E-state index contributed by atoms with van der Waals surface area (Å²) < 4.78 is 0.144. The number of carbonyl (C=O) groups is 1. The molecule has 114 valence electrons. The van der Waals surface area contributed by atoms with Crippen molar-refractivity contribution in [1.29, 1.82) is 0 Å². The SMILES string of the molecule is CC1(CNC(=O)NCc2ccc([N+](=O)[O-])cc2)CCCS1. The first-order valence-corrected chi connectivity index (χ1v) is 7.86. The molecule has 1 heterocycles. The zero-order valence-corrected chi connectivity index (χ0v) is 12.7. The van der Waals surface area contributed by atoms with Gasteiger partial charge in [0.1, 0.15) is 0 Å². The summed E-state index contributed by atoms with van der Waals surface area (Å²) in [5.41, 5.74) is 0.881. The van der Waals surface area contributed by atoms with Crippen LogP contribution in [0.3, 0.4) is 0 Å². The zero-order chi connectivity index (χ0) is 15.3. The highest BCUT2D eigenvalue weighted by atomic mass is 32.2. The Bertz CT molecular complexity index is 513. The lowest BCUT2D eigenvalue weighted by Gasteiger charge is -2.22. The number of hydrogen-bond donors (Lipinski definition) is 2. The molecule has 21 heavy (non-hydrogen) atoms. The maximum absolute atomic E-state index is 11.8. The number of nitro groups is 1. The van der Waals surface area contributed by atoms with Gasteiger partial charge in [0.15, 0.2) is 0 Å². The second-order valence-corrected chi connectivity index (χ2v) is 7.04. The molecule has 2 amide bonds. The molecule has 1 saturated heterocycles. The molecule has 1 fully saturated rings. The van der Waals surface area contributed by atoms with Crippen molar-refractivity contribution in [3.8, 4) is 0 Å². The molecular weight excluding hydrogens is 290 g/mol. The molecule has 1 unspecified atom stereocenters. The predicted molar refractivity (Wildman–Crippen MR) is 83.4 cm³/mol. The lowest BCUT2D eigenvalue weighted by Crippen LogP contribution is -2.42. The molecule has 0 spiro atoms. The summed E-state index contributed by atoms with van der Waals surface area (Å²) in [5, 5.41) is 16.2. The van der Waals surface area contributed by atoms with Crippen LogP contribution >= 0.6 is 11.8 Å². The van der Waals surface area contributed by atoms with Gasteiger partial charge in [0.25, 0.3) is 5.69 Å². The van der Waals surface area contributed by atoms with Gasteiger partial charge in [-0.05, 0) is 31.1 Å². The smallest absolute Gasteiger partial charge is 0.315 e. The summed E-state index contributed by atoms with van der Waals surface area (Å²) in [6, 6.07) is 5.96. The van der Waals surface area contributed by atoms with E-state index in [-0.39, 0.29) is 16.5 Å². The molecule has 0 bridgehead atoms. The molecule has 1 aromatic carbocycles.